The van der Waals surface area contributed by atoms with E-state index in [1.54, 1.807) is 23.1 Å². The van der Waals surface area contributed by atoms with E-state index in [1.807, 2.05) is 6.92 Å². The highest BCUT2D eigenvalue weighted by Gasteiger charge is 2.42. The first-order valence-electron chi connectivity index (χ1n) is 10.6. The van der Waals surface area contributed by atoms with Gasteiger partial charge in [0, 0.05) is 34.8 Å². The summed E-state index contributed by atoms with van der Waals surface area (Å²) in [6.45, 7) is 2.34. The minimum absolute atomic E-state index is 0.0611. The van der Waals surface area contributed by atoms with Crippen molar-refractivity contribution in [1.29, 1.82) is 0 Å². The Morgan fingerprint density at radius 1 is 1.27 bits per heavy atom. The first-order valence-corrected chi connectivity index (χ1v) is 10.6. The van der Waals surface area contributed by atoms with Crippen LogP contribution in [0.1, 0.15) is 52.2 Å². The van der Waals surface area contributed by atoms with Gasteiger partial charge in [-0.25, -0.2) is 4.98 Å². The Kier molecular flexibility index (Phi) is 5.02. The smallest absolute Gasteiger partial charge is 0.383 e. The summed E-state index contributed by atoms with van der Waals surface area (Å²) < 4.78 is 44.3. The second-order valence-corrected chi connectivity index (χ2v) is 8.51. The lowest BCUT2D eigenvalue weighted by molar-refractivity contribution is -0.137. The van der Waals surface area contributed by atoms with Gasteiger partial charge in [-0.05, 0) is 49.2 Å². The van der Waals surface area contributed by atoms with E-state index >= 15 is 0 Å². The zero-order chi connectivity index (χ0) is 23.5. The van der Waals surface area contributed by atoms with Gasteiger partial charge in [-0.3, -0.25) is 9.78 Å². The molecule has 1 amide bonds. The number of carbonyl (C=O) groups is 1. The average Bonchev–Trinajstić information content (AvgIpc) is 3.36. The highest BCUT2D eigenvalue weighted by molar-refractivity contribution is 5.99. The normalized spacial score (nSPS) is 21.8. The molecular formula is C23H22F3N5O2. The predicted octanol–water partition coefficient (Wildman–Crippen LogP) is 3.56. The molecule has 1 saturated carbocycles. The van der Waals surface area contributed by atoms with Gasteiger partial charge in [-0.2, -0.15) is 13.2 Å². The fraction of sp³-hybridized carbons (Fsp3) is 0.348. The summed E-state index contributed by atoms with van der Waals surface area (Å²) in [5, 5.41) is 0.794. The van der Waals surface area contributed by atoms with E-state index < -0.39 is 11.7 Å². The van der Waals surface area contributed by atoms with Crippen LogP contribution in [0.3, 0.4) is 0 Å². The summed E-state index contributed by atoms with van der Waals surface area (Å²) in [4.78, 5) is 23.4. The lowest BCUT2D eigenvalue weighted by atomic mass is 10.00. The molecule has 0 unspecified atom stereocenters. The van der Waals surface area contributed by atoms with Crippen LogP contribution in [0, 0.1) is 0 Å². The van der Waals surface area contributed by atoms with Crippen LogP contribution in [0.15, 0.2) is 36.5 Å². The number of alkyl halides is 3. The second kappa shape index (κ2) is 7.67. The van der Waals surface area contributed by atoms with Gasteiger partial charge in [-0.15, -0.1) is 0 Å². The standard InChI is InChI=1S/C23H22F3N5O2/c1-11-20-16(10-33-11)15-6-12(2-5-18(15)30-21(20)28)22(32)31(19-7-17(19)27)9-14-4-3-13(8-29-14)23(24,25)26/h2-6,8,11,17,19H,7,9-10,27H2,1H3,(H2,28,30)/t11-,17-,19-/m1/s1. The molecule has 3 atom stereocenters. The molecule has 3 heterocycles. The number of anilines is 1. The van der Waals surface area contributed by atoms with Gasteiger partial charge < -0.3 is 21.1 Å². The Labute approximate surface area is 187 Å². The van der Waals surface area contributed by atoms with Crippen molar-refractivity contribution in [2.75, 3.05) is 5.73 Å². The van der Waals surface area contributed by atoms with Gasteiger partial charge in [0.1, 0.15) is 5.82 Å². The van der Waals surface area contributed by atoms with E-state index in [1.165, 1.54) is 6.07 Å². The molecule has 2 aliphatic rings. The van der Waals surface area contributed by atoms with Crippen LogP contribution in [-0.4, -0.2) is 32.9 Å². The van der Waals surface area contributed by atoms with Crippen LogP contribution in [-0.2, 0) is 24.1 Å². The monoisotopic (exact) mass is 457 g/mol. The van der Waals surface area contributed by atoms with Crippen molar-refractivity contribution in [1.82, 2.24) is 14.9 Å². The number of rotatable bonds is 4. The molecule has 33 heavy (non-hydrogen) atoms. The minimum atomic E-state index is -4.47. The van der Waals surface area contributed by atoms with E-state index in [9.17, 15) is 18.0 Å². The molecule has 1 aliphatic heterocycles. The molecule has 0 bridgehead atoms. The topological polar surface area (TPSA) is 107 Å². The molecule has 0 spiro atoms. The Morgan fingerprint density at radius 2 is 2.03 bits per heavy atom. The molecule has 7 nitrogen and oxygen atoms in total. The molecule has 10 heteroatoms. The van der Waals surface area contributed by atoms with Crippen molar-refractivity contribution in [3.05, 3.63) is 64.5 Å². The molecule has 1 aliphatic carbocycles. The third-order valence-electron chi connectivity index (χ3n) is 6.25. The molecule has 4 N–H and O–H groups in total. The molecule has 3 aromatic rings. The molecule has 5 rings (SSSR count). The van der Waals surface area contributed by atoms with Gasteiger partial charge in [0.2, 0.25) is 0 Å². The van der Waals surface area contributed by atoms with E-state index in [4.69, 9.17) is 16.2 Å². The summed E-state index contributed by atoms with van der Waals surface area (Å²) in [6.07, 6.45) is -3.24. The number of fused-ring (bicyclic) bond motifs is 3. The van der Waals surface area contributed by atoms with Crippen LogP contribution < -0.4 is 11.5 Å². The maximum Gasteiger partial charge on any atom is 0.417 e. The largest absolute Gasteiger partial charge is 0.417 e. The number of carbonyl (C=O) groups excluding carboxylic acids is 1. The summed E-state index contributed by atoms with van der Waals surface area (Å²) in [5.74, 6) is 0.148. The summed E-state index contributed by atoms with van der Waals surface area (Å²) in [5.41, 5.74) is 14.5. The zero-order valence-electron chi connectivity index (χ0n) is 17.8. The maximum atomic E-state index is 13.5. The van der Waals surface area contributed by atoms with Crippen molar-refractivity contribution < 1.29 is 22.7 Å². The van der Waals surface area contributed by atoms with Crippen molar-refractivity contribution >= 4 is 22.6 Å². The van der Waals surface area contributed by atoms with Crippen LogP contribution in [0.2, 0.25) is 0 Å². The maximum absolute atomic E-state index is 13.5. The molecule has 1 aromatic carbocycles. The molecule has 1 fully saturated rings. The number of pyridine rings is 2. The van der Waals surface area contributed by atoms with E-state index in [0.29, 0.717) is 35.6 Å². The quantitative estimate of drug-likeness (QED) is 0.620. The summed E-state index contributed by atoms with van der Waals surface area (Å²) in [6, 6.07) is 7.06. The Balaban J connectivity index is 1.47. The number of nitrogens with zero attached hydrogens (tertiary/aromatic N) is 3. The highest BCUT2D eigenvalue weighted by atomic mass is 19.4. The molecule has 0 saturated heterocycles. The third kappa shape index (κ3) is 3.89. The molecule has 2 aromatic heterocycles. The number of benzene rings is 1. The Hall–Kier alpha value is -3.24. The van der Waals surface area contributed by atoms with Crippen molar-refractivity contribution in [3.63, 3.8) is 0 Å². The van der Waals surface area contributed by atoms with Gasteiger partial charge in [-0.1, -0.05) is 0 Å². The van der Waals surface area contributed by atoms with Crippen molar-refractivity contribution in [2.45, 2.75) is 50.9 Å². The number of amides is 1. The first kappa shape index (κ1) is 21.6. The minimum Gasteiger partial charge on any atom is -0.383 e. The van der Waals surface area contributed by atoms with E-state index in [-0.39, 0.29) is 30.6 Å². The molecular weight excluding hydrogens is 435 g/mol. The van der Waals surface area contributed by atoms with E-state index in [0.717, 1.165) is 28.8 Å². The highest BCUT2D eigenvalue weighted by Crippen LogP contribution is 2.38. The second-order valence-electron chi connectivity index (χ2n) is 8.51. The number of aromatic nitrogens is 2. The number of hydrogen-bond acceptors (Lipinski definition) is 6. The number of hydrogen-bond donors (Lipinski definition) is 2. The van der Waals surface area contributed by atoms with Gasteiger partial charge >= 0.3 is 6.18 Å². The summed E-state index contributed by atoms with van der Waals surface area (Å²) >= 11 is 0. The first-order chi connectivity index (χ1) is 15.6. The average molecular weight is 457 g/mol. The third-order valence-corrected chi connectivity index (χ3v) is 6.25. The SMILES string of the molecule is C[C@H]1OCc2c1c(N)nc1ccc(C(=O)N(Cc3ccc(C(F)(F)F)cn3)[C@@H]3C[C@H]3N)cc21. The van der Waals surface area contributed by atoms with Crippen molar-refractivity contribution in [3.8, 4) is 0 Å². The fourth-order valence-electron chi connectivity index (χ4n) is 4.32. The van der Waals surface area contributed by atoms with E-state index in [2.05, 4.69) is 9.97 Å². The van der Waals surface area contributed by atoms with Gasteiger partial charge in [0.05, 0.1) is 36.0 Å². The molecule has 0 radical (unpaired) electrons. The summed E-state index contributed by atoms with van der Waals surface area (Å²) in [7, 11) is 0. The predicted molar refractivity (Wildman–Crippen MR) is 115 cm³/mol. The number of nitrogens with two attached hydrogens (primary N) is 2. The van der Waals surface area contributed by atoms with Gasteiger partial charge in [0.15, 0.2) is 0 Å². The number of halogens is 3. The van der Waals surface area contributed by atoms with Gasteiger partial charge in [0.25, 0.3) is 5.91 Å². The lowest BCUT2D eigenvalue weighted by Crippen LogP contribution is -2.36. The lowest BCUT2D eigenvalue weighted by Gasteiger charge is -2.23. The van der Waals surface area contributed by atoms with Crippen LogP contribution in [0.4, 0.5) is 19.0 Å². The number of ether oxygens (including phenoxy) is 1. The number of nitrogen functional groups attached to an aromatic ring is 1. The zero-order valence-corrected chi connectivity index (χ0v) is 17.8. The van der Waals surface area contributed by atoms with Crippen LogP contribution in [0.5, 0.6) is 0 Å². The van der Waals surface area contributed by atoms with Crippen molar-refractivity contribution in [2.24, 2.45) is 5.73 Å². The fourth-order valence-corrected chi connectivity index (χ4v) is 4.32. The molecule has 172 valence electrons. The van der Waals surface area contributed by atoms with Crippen LogP contribution >= 0.6 is 0 Å². The Morgan fingerprint density at radius 3 is 2.67 bits per heavy atom. The van der Waals surface area contributed by atoms with Crippen LogP contribution in [0.25, 0.3) is 10.9 Å². The Bertz CT molecular complexity index is 1250.